The Bertz CT molecular complexity index is 507. The first kappa shape index (κ1) is 13.4. The Morgan fingerprint density at radius 2 is 2.00 bits per heavy atom. The van der Waals surface area contributed by atoms with Crippen molar-refractivity contribution >= 4 is 6.01 Å². The second kappa shape index (κ2) is 6.24. The van der Waals surface area contributed by atoms with Crippen LogP contribution in [0.3, 0.4) is 0 Å². The van der Waals surface area contributed by atoms with Crippen molar-refractivity contribution in [3.05, 3.63) is 29.7 Å². The zero-order valence-corrected chi connectivity index (χ0v) is 11.3. The average molecular weight is 262 g/mol. The summed E-state index contributed by atoms with van der Waals surface area (Å²) in [5, 5.41) is 14.1. The van der Waals surface area contributed by atoms with E-state index in [0.29, 0.717) is 31.0 Å². The van der Waals surface area contributed by atoms with Crippen LogP contribution in [0.1, 0.15) is 31.1 Å². The van der Waals surface area contributed by atoms with Gasteiger partial charge in [0.15, 0.2) is 0 Å². The van der Waals surface area contributed by atoms with Gasteiger partial charge in [0.2, 0.25) is 5.89 Å². The van der Waals surface area contributed by atoms with Crippen LogP contribution in [0, 0.1) is 6.92 Å². The number of anilines is 1. The van der Waals surface area contributed by atoms with E-state index in [4.69, 9.17) is 4.42 Å². The summed E-state index contributed by atoms with van der Waals surface area (Å²) in [6, 6.07) is 0.772. The highest BCUT2D eigenvalue weighted by molar-refractivity contribution is 5.19. The minimum Gasteiger partial charge on any atom is -0.407 e. The molecule has 0 saturated carbocycles. The van der Waals surface area contributed by atoms with Gasteiger partial charge in [-0.25, -0.2) is 0 Å². The Hall–Kier alpha value is -2.02. The largest absolute Gasteiger partial charge is 0.407 e. The van der Waals surface area contributed by atoms with Gasteiger partial charge in [0, 0.05) is 12.2 Å². The van der Waals surface area contributed by atoms with Gasteiger partial charge in [-0.3, -0.25) is 9.97 Å². The molecule has 2 rings (SSSR count). The zero-order chi connectivity index (χ0) is 13.7. The minimum atomic E-state index is 0.381. The average Bonchev–Trinajstić information content (AvgIpc) is 2.84. The molecule has 0 saturated heterocycles. The standard InChI is InChI=1S/C12H18N6O/c1-8(2)13-7-11-17-18-12(19-11)16-6-10-5-14-9(3)4-15-10/h4-5,8,13H,6-7H2,1-3H3,(H,16,18). The third-order valence-electron chi connectivity index (χ3n) is 2.38. The number of nitrogens with one attached hydrogen (secondary N) is 2. The third-order valence-corrected chi connectivity index (χ3v) is 2.38. The third kappa shape index (κ3) is 4.29. The number of rotatable bonds is 6. The van der Waals surface area contributed by atoms with E-state index in [0.717, 1.165) is 11.4 Å². The molecule has 2 heterocycles. The van der Waals surface area contributed by atoms with Gasteiger partial charge >= 0.3 is 6.01 Å². The van der Waals surface area contributed by atoms with Crippen molar-refractivity contribution in [3.63, 3.8) is 0 Å². The predicted octanol–water partition coefficient (Wildman–Crippen LogP) is 1.28. The highest BCUT2D eigenvalue weighted by Gasteiger charge is 2.06. The van der Waals surface area contributed by atoms with Crippen molar-refractivity contribution in [2.24, 2.45) is 0 Å². The van der Waals surface area contributed by atoms with Crippen LogP contribution >= 0.6 is 0 Å². The van der Waals surface area contributed by atoms with Gasteiger partial charge in [-0.1, -0.05) is 18.9 Å². The van der Waals surface area contributed by atoms with Crippen LogP contribution in [0.25, 0.3) is 0 Å². The van der Waals surface area contributed by atoms with E-state index in [1.165, 1.54) is 0 Å². The molecular weight excluding hydrogens is 244 g/mol. The molecule has 0 aliphatic carbocycles. The molecule has 0 atom stereocenters. The van der Waals surface area contributed by atoms with E-state index in [1.807, 2.05) is 6.92 Å². The smallest absolute Gasteiger partial charge is 0.315 e. The first-order chi connectivity index (χ1) is 9.13. The molecule has 2 aromatic rings. The normalized spacial score (nSPS) is 10.9. The van der Waals surface area contributed by atoms with Crippen LogP contribution < -0.4 is 10.6 Å². The number of hydrogen-bond donors (Lipinski definition) is 2. The summed E-state index contributed by atoms with van der Waals surface area (Å²) in [4.78, 5) is 8.40. The van der Waals surface area contributed by atoms with E-state index in [9.17, 15) is 0 Å². The van der Waals surface area contributed by atoms with Gasteiger partial charge in [0.05, 0.1) is 30.7 Å². The van der Waals surface area contributed by atoms with Crippen LogP contribution in [0.15, 0.2) is 16.8 Å². The van der Waals surface area contributed by atoms with Gasteiger partial charge < -0.3 is 15.1 Å². The van der Waals surface area contributed by atoms with E-state index < -0.39 is 0 Å². The minimum absolute atomic E-state index is 0.381. The molecule has 0 aliphatic rings. The fourth-order valence-electron chi connectivity index (χ4n) is 1.36. The molecule has 0 bridgehead atoms. The fraction of sp³-hybridized carbons (Fsp3) is 0.500. The molecule has 0 fully saturated rings. The van der Waals surface area contributed by atoms with E-state index in [-0.39, 0.29) is 0 Å². The maximum absolute atomic E-state index is 5.44. The first-order valence-corrected chi connectivity index (χ1v) is 6.20. The van der Waals surface area contributed by atoms with Crippen molar-refractivity contribution < 1.29 is 4.42 Å². The SMILES string of the molecule is Cc1cnc(CNc2nnc(CNC(C)C)o2)cn1. The number of aryl methyl sites for hydroxylation is 1. The summed E-state index contributed by atoms with van der Waals surface area (Å²) in [6.45, 7) is 7.09. The Morgan fingerprint density at radius 1 is 1.16 bits per heavy atom. The molecule has 0 amide bonds. The summed E-state index contributed by atoms with van der Waals surface area (Å²) in [5.74, 6) is 0.561. The Labute approximate surface area is 111 Å². The highest BCUT2D eigenvalue weighted by atomic mass is 16.4. The summed E-state index contributed by atoms with van der Waals surface area (Å²) in [6.07, 6.45) is 3.45. The van der Waals surface area contributed by atoms with Gasteiger partial charge in [0.25, 0.3) is 0 Å². The van der Waals surface area contributed by atoms with E-state index >= 15 is 0 Å². The van der Waals surface area contributed by atoms with Crippen molar-refractivity contribution in [3.8, 4) is 0 Å². The molecule has 2 aromatic heterocycles. The van der Waals surface area contributed by atoms with Crippen LogP contribution in [0.2, 0.25) is 0 Å². The van der Waals surface area contributed by atoms with Crippen molar-refractivity contribution in [2.75, 3.05) is 5.32 Å². The zero-order valence-electron chi connectivity index (χ0n) is 11.3. The molecule has 0 aromatic carbocycles. The molecular formula is C12H18N6O. The number of nitrogens with zero attached hydrogens (tertiary/aromatic N) is 4. The van der Waals surface area contributed by atoms with Crippen molar-refractivity contribution in [1.29, 1.82) is 0 Å². The van der Waals surface area contributed by atoms with E-state index in [1.54, 1.807) is 12.4 Å². The first-order valence-electron chi connectivity index (χ1n) is 6.20. The van der Waals surface area contributed by atoms with Gasteiger partial charge in [0.1, 0.15) is 0 Å². The van der Waals surface area contributed by atoms with Crippen molar-refractivity contribution in [1.82, 2.24) is 25.5 Å². The molecule has 19 heavy (non-hydrogen) atoms. The molecule has 0 radical (unpaired) electrons. The fourth-order valence-corrected chi connectivity index (χ4v) is 1.36. The molecule has 7 heteroatoms. The topological polar surface area (TPSA) is 88.8 Å². The highest BCUT2D eigenvalue weighted by Crippen LogP contribution is 2.07. The maximum Gasteiger partial charge on any atom is 0.315 e. The van der Waals surface area contributed by atoms with Crippen LogP contribution in [-0.2, 0) is 13.1 Å². The van der Waals surface area contributed by atoms with E-state index in [2.05, 4.69) is 44.6 Å². The second-order valence-electron chi connectivity index (χ2n) is 4.54. The Balaban J connectivity index is 1.84. The maximum atomic E-state index is 5.44. The number of hydrogen-bond acceptors (Lipinski definition) is 7. The lowest BCUT2D eigenvalue weighted by molar-refractivity contribution is 0.458. The van der Waals surface area contributed by atoms with Gasteiger partial charge in [-0.2, -0.15) is 0 Å². The predicted molar refractivity (Wildman–Crippen MR) is 70.4 cm³/mol. The summed E-state index contributed by atoms with van der Waals surface area (Å²) in [5.41, 5.74) is 1.72. The molecule has 0 unspecified atom stereocenters. The molecule has 0 spiro atoms. The Morgan fingerprint density at radius 3 is 2.68 bits per heavy atom. The molecule has 0 aliphatic heterocycles. The summed E-state index contributed by atoms with van der Waals surface area (Å²) in [7, 11) is 0. The molecule has 7 nitrogen and oxygen atoms in total. The quantitative estimate of drug-likeness (QED) is 0.810. The summed E-state index contributed by atoms with van der Waals surface area (Å²) >= 11 is 0. The van der Waals surface area contributed by atoms with Gasteiger partial charge in [-0.15, -0.1) is 5.10 Å². The molecule has 2 N–H and O–H groups in total. The lowest BCUT2D eigenvalue weighted by atomic mass is 10.4. The number of aromatic nitrogens is 4. The van der Waals surface area contributed by atoms with Crippen molar-refractivity contribution in [2.45, 2.75) is 39.9 Å². The second-order valence-corrected chi connectivity index (χ2v) is 4.54. The van der Waals surface area contributed by atoms with Crippen LogP contribution in [0.4, 0.5) is 6.01 Å². The lowest BCUT2D eigenvalue weighted by Gasteiger charge is -2.03. The molecule has 102 valence electrons. The monoisotopic (exact) mass is 262 g/mol. The van der Waals surface area contributed by atoms with Gasteiger partial charge in [-0.05, 0) is 6.92 Å². The van der Waals surface area contributed by atoms with Crippen LogP contribution in [-0.4, -0.2) is 26.2 Å². The Kier molecular flexibility index (Phi) is 4.40. The van der Waals surface area contributed by atoms with Crippen LogP contribution in [0.5, 0.6) is 0 Å². The lowest BCUT2D eigenvalue weighted by Crippen LogP contribution is -2.21. The summed E-state index contributed by atoms with van der Waals surface area (Å²) < 4.78 is 5.44.